The van der Waals surface area contributed by atoms with Gasteiger partial charge in [-0.15, -0.1) is 0 Å². The SMILES string of the molecule is Cc1ccc(N)cc1-n1c(=O)ccc2cnc3ccc(-c4ccc(NS(C)(=O)=O)cc4)cc3c21. The molecule has 0 aliphatic rings. The van der Waals surface area contributed by atoms with Gasteiger partial charge in [-0.3, -0.25) is 19.1 Å². The Balaban J connectivity index is 1.75. The van der Waals surface area contributed by atoms with Crippen molar-refractivity contribution >= 4 is 43.2 Å². The summed E-state index contributed by atoms with van der Waals surface area (Å²) >= 11 is 0. The zero-order valence-corrected chi connectivity index (χ0v) is 19.4. The second-order valence-electron chi connectivity index (χ2n) is 8.30. The number of nitrogens with zero attached hydrogens (tertiary/aromatic N) is 2. The third kappa shape index (κ3) is 3.99. The predicted octanol–water partition coefficient (Wildman–Crippen LogP) is 4.47. The van der Waals surface area contributed by atoms with Crippen LogP contribution in [0.5, 0.6) is 0 Å². The van der Waals surface area contributed by atoms with Gasteiger partial charge in [0.25, 0.3) is 5.56 Å². The second-order valence-corrected chi connectivity index (χ2v) is 10.0. The lowest BCUT2D eigenvalue weighted by Gasteiger charge is -2.15. The van der Waals surface area contributed by atoms with Gasteiger partial charge in [0, 0.05) is 34.4 Å². The highest BCUT2D eigenvalue weighted by molar-refractivity contribution is 7.92. The van der Waals surface area contributed by atoms with Crippen LogP contribution in [0.3, 0.4) is 0 Å². The van der Waals surface area contributed by atoms with Crippen LogP contribution in [0.2, 0.25) is 0 Å². The summed E-state index contributed by atoms with van der Waals surface area (Å²) in [6.45, 7) is 1.95. The quantitative estimate of drug-likeness (QED) is 0.298. The molecule has 0 unspecified atom stereocenters. The number of aryl methyl sites for hydroxylation is 1. The van der Waals surface area contributed by atoms with E-state index in [4.69, 9.17) is 5.73 Å². The van der Waals surface area contributed by atoms with Crippen LogP contribution in [0.15, 0.2) is 83.8 Å². The van der Waals surface area contributed by atoms with Crippen LogP contribution in [0.1, 0.15) is 5.56 Å². The average Bonchev–Trinajstić information content (AvgIpc) is 2.80. The first-order valence-electron chi connectivity index (χ1n) is 10.6. The van der Waals surface area contributed by atoms with Gasteiger partial charge in [0.2, 0.25) is 10.0 Å². The molecule has 0 aliphatic heterocycles. The molecule has 5 rings (SSSR count). The molecule has 2 aromatic heterocycles. The number of hydrogen-bond donors (Lipinski definition) is 2. The minimum atomic E-state index is -3.35. The first-order chi connectivity index (χ1) is 16.2. The number of rotatable bonds is 4. The molecule has 2 heterocycles. The van der Waals surface area contributed by atoms with Gasteiger partial charge in [0.05, 0.1) is 23.0 Å². The molecular formula is C26H22N4O3S. The number of nitrogen functional groups attached to an aromatic ring is 1. The molecule has 0 bridgehead atoms. The number of sulfonamides is 1. The molecule has 0 spiro atoms. The molecule has 8 heteroatoms. The third-order valence-electron chi connectivity index (χ3n) is 5.71. The van der Waals surface area contributed by atoms with E-state index in [1.54, 1.807) is 35.0 Å². The number of fused-ring (bicyclic) bond motifs is 3. The van der Waals surface area contributed by atoms with Gasteiger partial charge in [-0.1, -0.05) is 24.3 Å². The summed E-state index contributed by atoms with van der Waals surface area (Å²) in [6, 6.07) is 21.8. The minimum absolute atomic E-state index is 0.157. The van der Waals surface area contributed by atoms with Crippen LogP contribution in [-0.2, 0) is 10.0 Å². The van der Waals surface area contributed by atoms with E-state index in [1.165, 1.54) is 6.07 Å². The molecule has 0 fully saturated rings. The van der Waals surface area contributed by atoms with Gasteiger partial charge < -0.3 is 5.73 Å². The Morgan fingerprint density at radius 1 is 0.912 bits per heavy atom. The molecule has 0 aliphatic carbocycles. The Kier molecular flexibility index (Phi) is 5.10. The summed E-state index contributed by atoms with van der Waals surface area (Å²) in [5.41, 5.74) is 11.9. The molecule has 7 nitrogen and oxygen atoms in total. The number of nitrogens with two attached hydrogens (primary N) is 1. The number of nitrogens with one attached hydrogen (secondary N) is 1. The highest BCUT2D eigenvalue weighted by atomic mass is 32.2. The van der Waals surface area contributed by atoms with Crippen molar-refractivity contribution in [2.45, 2.75) is 6.92 Å². The first kappa shape index (κ1) is 21.7. The van der Waals surface area contributed by atoms with Gasteiger partial charge in [0.1, 0.15) is 0 Å². The highest BCUT2D eigenvalue weighted by Crippen LogP contribution is 2.31. The van der Waals surface area contributed by atoms with Crippen molar-refractivity contribution in [2.24, 2.45) is 0 Å². The van der Waals surface area contributed by atoms with Crippen molar-refractivity contribution in [3.63, 3.8) is 0 Å². The first-order valence-corrected chi connectivity index (χ1v) is 12.5. The van der Waals surface area contributed by atoms with E-state index in [0.29, 0.717) is 11.4 Å². The number of hydrogen-bond acceptors (Lipinski definition) is 5. The molecule has 0 atom stereocenters. The maximum Gasteiger partial charge on any atom is 0.255 e. The fourth-order valence-electron chi connectivity index (χ4n) is 4.14. The maximum absolute atomic E-state index is 13.1. The molecule has 0 radical (unpaired) electrons. The lowest BCUT2D eigenvalue weighted by Crippen LogP contribution is -2.18. The molecule has 170 valence electrons. The molecule has 5 aromatic rings. The zero-order chi connectivity index (χ0) is 24.0. The van der Waals surface area contributed by atoms with E-state index < -0.39 is 10.0 Å². The normalized spacial score (nSPS) is 11.7. The molecule has 34 heavy (non-hydrogen) atoms. The van der Waals surface area contributed by atoms with Crippen LogP contribution in [0.25, 0.3) is 38.6 Å². The van der Waals surface area contributed by atoms with E-state index in [9.17, 15) is 13.2 Å². The van der Waals surface area contributed by atoms with Crippen LogP contribution >= 0.6 is 0 Å². The topological polar surface area (TPSA) is 107 Å². The summed E-state index contributed by atoms with van der Waals surface area (Å²) < 4.78 is 27.1. The highest BCUT2D eigenvalue weighted by Gasteiger charge is 2.13. The lowest BCUT2D eigenvalue weighted by atomic mass is 10.0. The van der Waals surface area contributed by atoms with Crippen molar-refractivity contribution in [3.05, 3.63) is 94.9 Å². The van der Waals surface area contributed by atoms with Crippen molar-refractivity contribution in [1.29, 1.82) is 0 Å². The summed E-state index contributed by atoms with van der Waals surface area (Å²) in [4.78, 5) is 17.7. The van der Waals surface area contributed by atoms with E-state index in [0.717, 1.165) is 50.4 Å². The Morgan fingerprint density at radius 2 is 1.65 bits per heavy atom. The largest absolute Gasteiger partial charge is 0.399 e. The third-order valence-corrected chi connectivity index (χ3v) is 6.32. The smallest absolute Gasteiger partial charge is 0.255 e. The van der Waals surface area contributed by atoms with E-state index in [1.807, 2.05) is 49.4 Å². The average molecular weight is 471 g/mol. The van der Waals surface area contributed by atoms with Gasteiger partial charge in [-0.2, -0.15) is 0 Å². The standard InChI is InChI=1S/C26H22N4O3S/c1-16-3-8-20(27)14-24(16)30-25(31)12-7-19-15-28-23-11-6-18(13-22(23)26(19)30)17-4-9-21(10-5-17)29-34(2,32)33/h3-15,29H,27H2,1-2H3. The fourth-order valence-corrected chi connectivity index (χ4v) is 4.71. The Morgan fingerprint density at radius 3 is 2.38 bits per heavy atom. The summed E-state index contributed by atoms with van der Waals surface area (Å²) in [5, 5.41) is 1.66. The van der Waals surface area contributed by atoms with Crippen LogP contribution in [0.4, 0.5) is 11.4 Å². The van der Waals surface area contributed by atoms with E-state index >= 15 is 0 Å². The number of anilines is 2. The Hall–Kier alpha value is -4.17. The molecule has 3 aromatic carbocycles. The monoisotopic (exact) mass is 470 g/mol. The summed E-state index contributed by atoms with van der Waals surface area (Å²) in [7, 11) is -3.35. The van der Waals surface area contributed by atoms with E-state index in [2.05, 4.69) is 9.71 Å². The summed E-state index contributed by atoms with van der Waals surface area (Å²) in [5.74, 6) is 0. The van der Waals surface area contributed by atoms with Crippen LogP contribution < -0.4 is 16.0 Å². The summed E-state index contributed by atoms with van der Waals surface area (Å²) in [6.07, 6.45) is 2.88. The molecule has 0 amide bonds. The van der Waals surface area contributed by atoms with Crippen molar-refractivity contribution in [3.8, 4) is 16.8 Å². The fraction of sp³-hybridized carbons (Fsp3) is 0.0769. The van der Waals surface area contributed by atoms with Crippen molar-refractivity contribution in [2.75, 3.05) is 16.7 Å². The van der Waals surface area contributed by atoms with Gasteiger partial charge in [0.15, 0.2) is 0 Å². The second kappa shape index (κ2) is 8.00. The molecule has 0 saturated carbocycles. The lowest BCUT2D eigenvalue weighted by molar-refractivity contribution is 0.607. The Labute approximate surface area is 196 Å². The van der Waals surface area contributed by atoms with Crippen LogP contribution in [-0.4, -0.2) is 24.2 Å². The number of aromatic nitrogens is 2. The number of pyridine rings is 2. The van der Waals surface area contributed by atoms with Gasteiger partial charge >= 0.3 is 0 Å². The molecule has 0 saturated heterocycles. The van der Waals surface area contributed by atoms with Gasteiger partial charge in [-0.05, 0) is 66.1 Å². The maximum atomic E-state index is 13.1. The number of benzene rings is 3. The Bertz CT molecular complexity index is 1740. The van der Waals surface area contributed by atoms with E-state index in [-0.39, 0.29) is 5.56 Å². The minimum Gasteiger partial charge on any atom is -0.399 e. The van der Waals surface area contributed by atoms with Crippen molar-refractivity contribution < 1.29 is 8.42 Å². The molecule has 3 N–H and O–H groups in total. The zero-order valence-electron chi connectivity index (χ0n) is 18.6. The van der Waals surface area contributed by atoms with Crippen LogP contribution in [0, 0.1) is 6.92 Å². The van der Waals surface area contributed by atoms with Crippen molar-refractivity contribution in [1.82, 2.24) is 9.55 Å². The molecular weight excluding hydrogens is 448 g/mol. The van der Waals surface area contributed by atoms with Gasteiger partial charge in [-0.25, -0.2) is 8.42 Å². The predicted molar refractivity (Wildman–Crippen MR) is 138 cm³/mol.